The molecule has 2 aliphatic rings. The SMILES string of the molecule is Cc1cc2n(CC(=O)O)c3c(c(=O)n2n1)CN([C@@H](C)C1CC1)C3=O. The number of fused-ring (bicyclic) bond motifs is 2. The lowest BCUT2D eigenvalue weighted by molar-refractivity contribution is -0.137. The van der Waals surface area contributed by atoms with Gasteiger partial charge in [-0.3, -0.25) is 14.4 Å². The largest absolute Gasteiger partial charge is 0.480 e. The summed E-state index contributed by atoms with van der Waals surface area (Å²) < 4.78 is 2.61. The number of carboxylic acids is 1. The molecule has 24 heavy (non-hydrogen) atoms. The second kappa shape index (κ2) is 4.93. The van der Waals surface area contributed by atoms with E-state index in [0.29, 0.717) is 22.8 Å². The minimum absolute atomic E-state index is 0.0524. The first kappa shape index (κ1) is 14.9. The predicted octanol–water partition coefficient (Wildman–Crippen LogP) is 0.643. The first-order chi connectivity index (χ1) is 11.4. The summed E-state index contributed by atoms with van der Waals surface area (Å²) >= 11 is 0. The second-order valence-electron chi connectivity index (χ2n) is 6.68. The van der Waals surface area contributed by atoms with Crippen LogP contribution in [0.3, 0.4) is 0 Å². The highest BCUT2D eigenvalue weighted by atomic mass is 16.4. The van der Waals surface area contributed by atoms with Crippen LogP contribution in [0, 0.1) is 12.8 Å². The monoisotopic (exact) mass is 330 g/mol. The number of nitrogens with zero attached hydrogens (tertiary/aromatic N) is 4. The van der Waals surface area contributed by atoms with Gasteiger partial charge in [0.05, 0.1) is 17.8 Å². The van der Waals surface area contributed by atoms with Crippen LogP contribution in [0.5, 0.6) is 0 Å². The van der Waals surface area contributed by atoms with Crippen molar-refractivity contribution in [1.82, 2.24) is 19.1 Å². The molecule has 1 aliphatic carbocycles. The Kier molecular flexibility index (Phi) is 3.06. The molecule has 0 saturated heterocycles. The van der Waals surface area contributed by atoms with E-state index in [1.165, 1.54) is 9.08 Å². The summed E-state index contributed by atoms with van der Waals surface area (Å²) in [6.07, 6.45) is 2.17. The van der Waals surface area contributed by atoms with E-state index in [9.17, 15) is 19.5 Å². The number of carbonyl (C=O) groups excluding carboxylic acids is 1. The molecule has 1 atom stereocenters. The molecule has 1 aliphatic heterocycles. The summed E-state index contributed by atoms with van der Waals surface area (Å²) in [5.74, 6) is -0.857. The lowest BCUT2D eigenvalue weighted by Crippen LogP contribution is -2.35. The van der Waals surface area contributed by atoms with Crippen molar-refractivity contribution in [2.24, 2.45) is 5.92 Å². The lowest BCUT2D eigenvalue weighted by atomic mass is 10.2. The number of aryl methyl sites for hydroxylation is 1. The van der Waals surface area contributed by atoms with Crippen molar-refractivity contribution in [2.75, 3.05) is 0 Å². The summed E-state index contributed by atoms with van der Waals surface area (Å²) in [7, 11) is 0. The standard InChI is InChI=1S/C16H18N4O4/c1-8-5-12-19(7-13(21)22)14-11(15(23)20(12)17-8)6-18(16(14)24)9(2)10-3-4-10/h5,9-10H,3-4,6-7H2,1-2H3,(H,21,22)/t9-/m0/s1. The van der Waals surface area contributed by atoms with Gasteiger partial charge in [0.1, 0.15) is 17.9 Å². The molecule has 8 heteroatoms. The first-order valence-corrected chi connectivity index (χ1v) is 8.03. The number of carboxylic acid groups (broad SMARTS) is 1. The molecule has 8 nitrogen and oxygen atoms in total. The van der Waals surface area contributed by atoms with Crippen LogP contribution in [0.25, 0.3) is 5.65 Å². The number of rotatable bonds is 4. The van der Waals surface area contributed by atoms with Crippen LogP contribution in [-0.2, 0) is 17.9 Å². The predicted molar refractivity (Wildman–Crippen MR) is 83.9 cm³/mol. The van der Waals surface area contributed by atoms with Gasteiger partial charge in [0.2, 0.25) is 0 Å². The Morgan fingerprint density at radius 3 is 2.75 bits per heavy atom. The molecule has 0 spiro atoms. The third-order valence-corrected chi connectivity index (χ3v) is 4.98. The molecule has 0 bridgehead atoms. The van der Waals surface area contributed by atoms with Crippen LogP contribution < -0.4 is 5.56 Å². The van der Waals surface area contributed by atoms with Gasteiger partial charge in [-0.1, -0.05) is 0 Å². The summed E-state index contributed by atoms with van der Waals surface area (Å²) in [5, 5.41) is 13.4. The molecule has 1 saturated carbocycles. The van der Waals surface area contributed by atoms with Crippen molar-refractivity contribution < 1.29 is 14.7 Å². The number of amides is 1. The topological polar surface area (TPSA) is 96.9 Å². The van der Waals surface area contributed by atoms with Gasteiger partial charge in [-0.05, 0) is 32.6 Å². The van der Waals surface area contributed by atoms with Gasteiger partial charge in [-0.25, -0.2) is 0 Å². The highest BCUT2D eigenvalue weighted by Gasteiger charge is 2.41. The van der Waals surface area contributed by atoms with E-state index in [1.807, 2.05) is 6.92 Å². The van der Waals surface area contributed by atoms with E-state index in [1.54, 1.807) is 17.9 Å². The summed E-state index contributed by atoms with van der Waals surface area (Å²) in [4.78, 5) is 38.6. The average molecular weight is 330 g/mol. The van der Waals surface area contributed by atoms with Gasteiger partial charge in [0.15, 0.2) is 0 Å². The fourth-order valence-corrected chi connectivity index (χ4v) is 3.56. The van der Waals surface area contributed by atoms with E-state index in [-0.39, 0.29) is 36.3 Å². The minimum atomic E-state index is -1.07. The third-order valence-electron chi connectivity index (χ3n) is 4.98. The maximum atomic E-state index is 12.9. The van der Waals surface area contributed by atoms with Crippen molar-refractivity contribution in [3.63, 3.8) is 0 Å². The highest BCUT2D eigenvalue weighted by molar-refractivity contribution is 5.97. The van der Waals surface area contributed by atoms with E-state index in [0.717, 1.165) is 12.8 Å². The Morgan fingerprint density at radius 2 is 2.12 bits per heavy atom. The van der Waals surface area contributed by atoms with E-state index >= 15 is 0 Å². The van der Waals surface area contributed by atoms with Crippen molar-refractivity contribution in [1.29, 1.82) is 0 Å². The third kappa shape index (κ3) is 2.05. The van der Waals surface area contributed by atoms with Crippen molar-refractivity contribution in [2.45, 2.75) is 45.8 Å². The van der Waals surface area contributed by atoms with Crippen molar-refractivity contribution in [3.05, 3.63) is 33.4 Å². The van der Waals surface area contributed by atoms with Gasteiger partial charge in [-0.15, -0.1) is 0 Å². The average Bonchev–Trinajstić information content (AvgIpc) is 3.20. The molecule has 0 unspecified atom stereocenters. The second-order valence-corrected chi connectivity index (χ2v) is 6.68. The summed E-state index contributed by atoms with van der Waals surface area (Å²) in [6.45, 7) is 3.56. The lowest BCUT2D eigenvalue weighted by Gasteiger charge is -2.23. The Hall–Kier alpha value is -2.64. The zero-order chi connectivity index (χ0) is 17.2. The first-order valence-electron chi connectivity index (χ1n) is 8.03. The van der Waals surface area contributed by atoms with E-state index < -0.39 is 5.97 Å². The van der Waals surface area contributed by atoms with E-state index in [2.05, 4.69) is 5.10 Å². The summed E-state index contributed by atoms with van der Waals surface area (Å²) in [5.41, 5.74) is 1.14. The zero-order valence-electron chi connectivity index (χ0n) is 13.5. The Bertz CT molecular complexity index is 938. The van der Waals surface area contributed by atoms with E-state index in [4.69, 9.17) is 0 Å². The number of carbonyl (C=O) groups is 2. The van der Waals surface area contributed by atoms with Crippen molar-refractivity contribution >= 4 is 17.5 Å². The van der Waals surface area contributed by atoms with Crippen LogP contribution in [0.15, 0.2) is 10.9 Å². The summed E-state index contributed by atoms with van der Waals surface area (Å²) in [6, 6.07) is 1.68. The maximum absolute atomic E-state index is 12.9. The number of aromatic nitrogens is 3. The molecule has 4 rings (SSSR count). The molecule has 0 aromatic carbocycles. The number of hydrogen-bond acceptors (Lipinski definition) is 4. The van der Waals surface area contributed by atoms with Crippen LogP contribution in [0.4, 0.5) is 0 Å². The molecule has 1 fully saturated rings. The molecule has 1 amide bonds. The molecular weight excluding hydrogens is 312 g/mol. The Labute approximate surface area is 137 Å². The van der Waals surface area contributed by atoms with Gasteiger partial charge < -0.3 is 14.6 Å². The normalized spacial score (nSPS) is 18.2. The van der Waals surface area contributed by atoms with Gasteiger partial charge in [-0.2, -0.15) is 9.61 Å². The van der Waals surface area contributed by atoms with Gasteiger partial charge in [0.25, 0.3) is 11.5 Å². The minimum Gasteiger partial charge on any atom is -0.480 e. The Morgan fingerprint density at radius 1 is 1.42 bits per heavy atom. The molecule has 2 aromatic heterocycles. The molecule has 1 N–H and O–H groups in total. The molecule has 126 valence electrons. The molecular formula is C16H18N4O4. The van der Waals surface area contributed by atoms with Gasteiger partial charge in [0, 0.05) is 12.1 Å². The number of aliphatic carboxylic acids is 1. The molecule has 3 heterocycles. The van der Waals surface area contributed by atoms with Crippen LogP contribution in [0.2, 0.25) is 0 Å². The van der Waals surface area contributed by atoms with Crippen LogP contribution in [0.1, 0.15) is 41.5 Å². The Balaban J connectivity index is 1.93. The highest BCUT2D eigenvalue weighted by Crippen LogP contribution is 2.38. The maximum Gasteiger partial charge on any atom is 0.323 e. The number of hydrogen-bond donors (Lipinski definition) is 1. The fraction of sp³-hybridized carbons (Fsp3) is 0.500. The quantitative estimate of drug-likeness (QED) is 0.887. The van der Waals surface area contributed by atoms with Crippen molar-refractivity contribution in [3.8, 4) is 0 Å². The van der Waals surface area contributed by atoms with Crippen LogP contribution >= 0.6 is 0 Å². The molecule has 0 radical (unpaired) electrons. The smallest absolute Gasteiger partial charge is 0.323 e. The van der Waals surface area contributed by atoms with Crippen LogP contribution in [-0.4, -0.2) is 42.1 Å². The fourth-order valence-electron chi connectivity index (χ4n) is 3.56. The van der Waals surface area contributed by atoms with Gasteiger partial charge >= 0.3 is 5.97 Å². The zero-order valence-corrected chi connectivity index (χ0v) is 13.5. The molecule has 2 aromatic rings.